The second-order valence-electron chi connectivity index (χ2n) is 13.6. The molecular formula is C38H75NO5S. The highest BCUT2D eigenvalue weighted by Gasteiger charge is 2.24. The highest BCUT2D eigenvalue weighted by atomic mass is 32.2. The Morgan fingerprint density at radius 3 is 1.27 bits per heavy atom. The molecule has 2 atom stereocenters. The van der Waals surface area contributed by atoms with E-state index >= 15 is 0 Å². The van der Waals surface area contributed by atoms with Crippen LogP contribution in [-0.2, 0) is 14.9 Å². The van der Waals surface area contributed by atoms with Crippen molar-refractivity contribution in [3.8, 4) is 0 Å². The first-order chi connectivity index (χ1) is 21.8. The third-order valence-corrected chi connectivity index (χ3v) is 9.74. The topological polar surface area (TPSA) is 104 Å². The van der Waals surface area contributed by atoms with Gasteiger partial charge >= 0.3 is 0 Å². The number of hydrogen-bond donors (Lipinski definition) is 3. The average molecular weight is 658 g/mol. The molecule has 1 amide bonds. The monoisotopic (exact) mass is 658 g/mol. The SMILES string of the molecule is CCCCCCCCCCC/C=C/C(O)C(CS(=O)(=O)O)NC(=O)CCCCCCCCCCCCCCCCCCCCC. The predicted octanol–water partition coefficient (Wildman–Crippen LogP) is 11.0. The molecule has 0 aliphatic heterocycles. The lowest BCUT2D eigenvalue weighted by molar-refractivity contribution is -0.122. The van der Waals surface area contributed by atoms with Gasteiger partial charge in [0.25, 0.3) is 10.1 Å². The lowest BCUT2D eigenvalue weighted by atomic mass is 10.0. The van der Waals surface area contributed by atoms with Gasteiger partial charge in [-0.3, -0.25) is 9.35 Å². The van der Waals surface area contributed by atoms with Crippen molar-refractivity contribution in [3.63, 3.8) is 0 Å². The molecule has 0 saturated carbocycles. The molecule has 0 fully saturated rings. The van der Waals surface area contributed by atoms with Gasteiger partial charge in [-0.25, -0.2) is 0 Å². The molecule has 2 unspecified atom stereocenters. The molecule has 0 aromatic heterocycles. The van der Waals surface area contributed by atoms with Crippen molar-refractivity contribution in [2.75, 3.05) is 5.75 Å². The van der Waals surface area contributed by atoms with Crippen molar-refractivity contribution < 1.29 is 22.9 Å². The van der Waals surface area contributed by atoms with Crippen LogP contribution in [-0.4, -0.2) is 41.9 Å². The van der Waals surface area contributed by atoms with Gasteiger partial charge in [-0.05, 0) is 19.3 Å². The summed E-state index contributed by atoms with van der Waals surface area (Å²) in [6.45, 7) is 4.50. The summed E-state index contributed by atoms with van der Waals surface area (Å²) < 4.78 is 32.3. The number of carbonyl (C=O) groups is 1. The summed E-state index contributed by atoms with van der Waals surface area (Å²) in [5, 5.41) is 13.2. The van der Waals surface area contributed by atoms with E-state index in [9.17, 15) is 22.9 Å². The normalized spacial score (nSPS) is 13.4. The molecule has 6 nitrogen and oxygen atoms in total. The van der Waals surface area contributed by atoms with Crippen LogP contribution in [0.5, 0.6) is 0 Å². The van der Waals surface area contributed by atoms with Crippen molar-refractivity contribution in [2.45, 2.75) is 219 Å². The summed E-state index contributed by atoms with van der Waals surface area (Å²) in [6.07, 6.45) is 39.1. The zero-order valence-electron chi connectivity index (χ0n) is 29.8. The van der Waals surface area contributed by atoms with Gasteiger partial charge in [0, 0.05) is 6.42 Å². The van der Waals surface area contributed by atoms with Crippen molar-refractivity contribution in [1.82, 2.24) is 5.32 Å². The van der Waals surface area contributed by atoms with Gasteiger partial charge in [-0.2, -0.15) is 8.42 Å². The molecule has 0 aliphatic carbocycles. The molecule has 3 N–H and O–H groups in total. The Kier molecular flexibility index (Phi) is 32.3. The van der Waals surface area contributed by atoms with Gasteiger partial charge in [0.1, 0.15) is 0 Å². The second kappa shape index (κ2) is 33.0. The Morgan fingerprint density at radius 1 is 0.578 bits per heavy atom. The lowest BCUT2D eigenvalue weighted by Gasteiger charge is -2.21. The smallest absolute Gasteiger partial charge is 0.267 e. The van der Waals surface area contributed by atoms with Crippen LogP contribution in [0.25, 0.3) is 0 Å². The van der Waals surface area contributed by atoms with Crippen molar-refractivity contribution in [3.05, 3.63) is 12.2 Å². The summed E-state index contributed by atoms with van der Waals surface area (Å²) in [5.41, 5.74) is 0. The van der Waals surface area contributed by atoms with Gasteiger partial charge in [0.15, 0.2) is 0 Å². The summed E-state index contributed by atoms with van der Waals surface area (Å²) in [6, 6.07) is -1.05. The number of rotatable bonds is 35. The molecule has 45 heavy (non-hydrogen) atoms. The number of nitrogens with one attached hydrogen (secondary N) is 1. The van der Waals surface area contributed by atoms with Crippen LogP contribution in [0.1, 0.15) is 206 Å². The molecule has 0 rings (SSSR count). The van der Waals surface area contributed by atoms with Crippen LogP contribution < -0.4 is 5.32 Å². The Labute approximate surface area is 280 Å². The maximum absolute atomic E-state index is 12.5. The fourth-order valence-corrected chi connectivity index (χ4v) is 6.77. The second-order valence-corrected chi connectivity index (χ2v) is 15.1. The van der Waals surface area contributed by atoms with Crippen molar-refractivity contribution >= 4 is 16.0 Å². The molecule has 268 valence electrons. The minimum atomic E-state index is -4.33. The van der Waals surface area contributed by atoms with E-state index in [1.54, 1.807) is 6.08 Å². The number of allylic oxidation sites excluding steroid dienone is 1. The van der Waals surface area contributed by atoms with Gasteiger partial charge in [-0.15, -0.1) is 0 Å². The van der Waals surface area contributed by atoms with E-state index in [0.29, 0.717) is 6.42 Å². The first-order valence-corrected chi connectivity index (χ1v) is 21.0. The molecule has 0 saturated heterocycles. The van der Waals surface area contributed by atoms with Crippen LogP contribution in [0.3, 0.4) is 0 Å². The molecule has 0 aromatic rings. The van der Waals surface area contributed by atoms with E-state index in [4.69, 9.17) is 0 Å². The molecule has 0 bridgehead atoms. The van der Waals surface area contributed by atoms with E-state index in [0.717, 1.165) is 38.5 Å². The molecule has 0 aromatic carbocycles. The largest absolute Gasteiger partial charge is 0.387 e. The molecule has 0 radical (unpaired) electrons. The Morgan fingerprint density at radius 2 is 0.911 bits per heavy atom. The fourth-order valence-electron chi connectivity index (χ4n) is 6.04. The first kappa shape index (κ1) is 44.1. The molecule has 7 heteroatoms. The van der Waals surface area contributed by atoms with Crippen LogP contribution >= 0.6 is 0 Å². The van der Waals surface area contributed by atoms with Crippen LogP contribution in [0.15, 0.2) is 12.2 Å². The summed E-state index contributed by atoms with van der Waals surface area (Å²) >= 11 is 0. The van der Waals surface area contributed by atoms with Gasteiger partial charge in [0.2, 0.25) is 5.91 Å². The highest BCUT2D eigenvalue weighted by Crippen LogP contribution is 2.15. The highest BCUT2D eigenvalue weighted by molar-refractivity contribution is 7.85. The van der Waals surface area contributed by atoms with E-state index in [-0.39, 0.29) is 5.91 Å². The number of amides is 1. The Hall–Kier alpha value is -0.920. The minimum absolute atomic E-state index is 0.276. The first-order valence-electron chi connectivity index (χ1n) is 19.4. The quantitative estimate of drug-likeness (QED) is 0.0357. The summed E-state index contributed by atoms with van der Waals surface area (Å²) in [5.74, 6) is -0.969. The molecule has 0 spiro atoms. The van der Waals surface area contributed by atoms with E-state index in [1.807, 2.05) is 6.08 Å². The van der Waals surface area contributed by atoms with E-state index in [2.05, 4.69) is 19.2 Å². The van der Waals surface area contributed by atoms with E-state index in [1.165, 1.54) is 148 Å². The standard InChI is InChI=1S/C38H75NO5S/c1-3-5-7-9-11-13-15-16-17-18-19-20-21-22-24-26-28-30-32-34-38(41)39-36(35-45(42,43)44)37(40)33-31-29-27-25-23-14-12-10-8-6-4-2/h31,33,36-37,40H,3-30,32,34-35H2,1-2H3,(H,39,41)(H,42,43,44)/b33-31+. The number of hydrogen-bond acceptors (Lipinski definition) is 4. The summed E-state index contributed by atoms with van der Waals surface area (Å²) in [7, 11) is -4.33. The number of aliphatic hydroxyl groups is 1. The van der Waals surface area contributed by atoms with Crippen LogP contribution in [0, 0.1) is 0 Å². The van der Waals surface area contributed by atoms with Crippen molar-refractivity contribution in [1.29, 1.82) is 0 Å². The van der Waals surface area contributed by atoms with Gasteiger partial charge in [-0.1, -0.05) is 193 Å². The van der Waals surface area contributed by atoms with Gasteiger partial charge < -0.3 is 10.4 Å². The zero-order chi connectivity index (χ0) is 33.3. The molecular weight excluding hydrogens is 582 g/mol. The maximum atomic E-state index is 12.5. The Balaban J connectivity index is 3.85. The fraction of sp³-hybridized carbons (Fsp3) is 0.921. The van der Waals surface area contributed by atoms with Crippen LogP contribution in [0.4, 0.5) is 0 Å². The van der Waals surface area contributed by atoms with Gasteiger partial charge in [0.05, 0.1) is 17.9 Å². The van der Waals surface area contributed by atoms with E-state index < -0.39 is 28.0 Å². The average Bonchev–Trinajstić information content (AvgIpc) is 3.00. The molecule has 0 aliphatic rings. The zero-order valence-corrected chi connectivity index (χ0v) is 30.6. The van der Waals surface area contributed by atoms with Crippen molar-refractivity contribution in [2.24, 2.45) is 0 Å². The third kappa shape index (κ3) is 34.2. The number of aliphatic hydroxyl groups excluding tert-OH is 1. The molecule has 0 heterocycles. The minimum Gasteiger partial charge on any atom is -0.387 e. The third-order valence-electron chi connectivity index (χ3n) is 8.96. The maximum Gasteiger partial charge on any atom is 0.267 e. The predicted molar refractivity (Wildman–Crippen MR) is 193 cm³/mol. The summed E-state index contributed by atoms with van der Waals surface area (Å²) in [4.78, 5) is 12.5. The Bertz CT molecular complexity index is 770. The number of unbranched alkanes of at least 4 members (excludes halogenated alkanes) is 27. The van der Waals surface area contributed by atoms with Crippen LogP contribution in [0.2, 0.25) is 0 Å². The lowest BCUT2D eigenvalue weighted by Crippen LogP contribution is -2.46. The number of carbonyl (C=O) groups excluding carboxylic acids is 1.